The molecule has 1 aliphatic heterocycles. The zero-order valence-corrected chi connectivity index (χ0v) is 15.6. The van der Waals surface area contributed by atoms with Crippen molar-refractivity contribution in [2.75, 3.05) is 19.8 Å². The summed E-state index contributed by atoms with van der Waals surface area (Å²) < 4.78 is 11.7. The number of rotatable bonds is 11. The van der Waals surface area contributed by atoms with Gasteiger partial charge in [-0.2, -0.15) is 0 Å². The topological polar surface area (TPSA) is 58.9 Å². The van der Waals surface area contributed by atoms with Gasteiger partial charge in [0.15, 0.2) is 5.79 Å². The lowest BCUT2D eigenvalue weighted by atomic mass is 9.69. The maximum atomic E-state index is 10.5. The summed E-state index contributed by atoms with van der Waals surface area (Å²) >= 11 is 0. The number of hydrogen-bond donors (Lipinski definition) is 2. The van der Waals surface area contributed by atoms with Crippen molar-refractivity contribution in [3.8, 4) is 0 Å². The Balaban J connectivity index is 1.24. The molecule has 0 aromatic rings. The van der Waals surface area contributed by atoms with Crippen LogP contribution in [0.25, 0.3) is 0 Å². The molecule has 3 aliphatic rings. The molecule has 2 saturated carbocycles. The molecule has 1 saturated heterocycles. The monoisotopic (exact) mass is 352 g/mol. The second kappa shape index (κ2) is 9.50. The van der Waals surface area contributed by atoms with Gasteiger partial charge < -0.3 is 19.7 Å². The summed E-state index contributed by atoms with van der Waals surface area (Å²) in [5.74, 6) is 0.712. The van der Waals surface area contributed by atoms with Gasteiger partial charge in [0, 0.05) is 24.9 Å². The quantitative estimate of drug-likeness (QED) is 0.438. The highest BCUT2D eigenvalue weighted by molar-refractivity contribution is 5.12. The van der Waals surface area contributed by atoms with Crippen molar-refractivity contribution in [3.05, 3.63) is 12.2 Å². The van der Waals surface area contributed by atoms with Crippen molar-refractivity contribution in [2.45, 2.75) is 82.5 Å². The number of aliphatic hydroxyl groups excluding tert-OH is 2. The number of fused-ring (bicyclic) bond motifs is 2. The molecule has 1 unspecified atom stereocenters. The molecule has 144 valence electrons. The number of aliphatic hydroxyl groups is 2. The Morgan fingerprint density at radius 2 is 1.56 bits per heavy atom. The average molecular weight is 353 g/mol. The Morgan fingerprint density at radius 3 is 2.24 bits per heavy atom. The Labute approximate surface area is 152 Å². The summed E-state index contributed by atoms with van der Waals surface area (Å²) in [5, 5.41) is 19.2. The SMILES string of the molecule is OCCCCCCCCCCC=C[C@H]1C[C@H]2[C@@H](CC23OCCO3)C1O. The van der Waals surface area contributed by atoms with Gasteiger partial charge in [-0.3, -0.25) is 0 Å². The van der Waals surface area contributed by atoms with Gasteiger partial charge in [-0.1, -0.05) is 50.7 Å². The average Bonchev–Trinajstić information content (AvgIpc) is 3.19. The zero-order chi connectivity index (χ0) is 17.5. The molecular weight excluding hydrogens is 316 g/mol. The van der Waals surface area contributed by atoms with Crippen molar-refractivity contribution in [2.24, 2.45) is 17.8 Å². The lowest BCUT2D eigenvalue weighted by molar-refractivity contribution is -0.275. The van der Waals surface area contributed by atoms with E-state index in [4.69, 9.17) is 14.6 Å². The van der Waals surface area contributed by atoms with Crippen molar-refractivity contribution < 1.29 is 19.7 Å². The van der Waals surface area contributed by atoms with Crippen LogP contribution in [0.15, 0.2) is 12.2 Å². The van der Waals surface area contributed by atoms with Gasteiger partial charge >= 0.3 is 0 Å². The maximum absolute atomic E-state index is 10.5. The standard InChI is InChI=1S/C21H36O4/c22-12-10-8-6-4-2-1-3-5-7-9-11-17-15-19-18(20(17)23)16-21(19)24-13-14-25-21/h9,11,17-20,22-23H,1-8,10,12-16H2/t17-,18+,19-,20?/m0/s1. The van der Waals surface area contributed by atoms with E-state index in [9.17, 15) is 5.11 Å². The van der Waals surface area contributed by atoms with Crippen molar-refractivity contribution in [1.29, 1.82) is 0 Å². The van der Waals surface area contributed by atoms with Crippen molar-refractivity contribution in [3.63, 3.8) is 0 Å². The molecule has 0 aromatic carbocycles. The van der Waals surface area contributed by atoms with Gasteiger partial charge in [-0.15, -0.1) is 0 Å². The first-order valence-electron chi connectivity index (χ1n) is 10.5. The van der Waals surface area contributed by atoms with Crippen molar-refractivity contribution >= 4 is 0 Å². The molecule has 0 bridgehead atoms. The Hall–Kier alpha value is -0.420. The normalized spacial score (nSPS) is 33.2. The number of ether oxygens (including phenoxy) is 2. The van der Waals surface area contributed by atoms with E-state index < -0.39 is 0 Å². The fourth-order valence-corrected chi connectivity index (χ4v) is 4.95. The zero-order valence-electron chi connectivity index (χ0n) is 15.6. The Bertz CT molecular complexity index is 416. The highest BCUT2D eigenvalue weighted by Crippen LogP contribution is 2.59. The Kier molecular flexibility index (Phi) is 7.35. The lowest BCUT2D eigenvalue weighted by Gasteiger charge is -2.48. The highest BCUT2D eigenvalue weighted by atomic mass is 16.7. The van der Waals surface area contributed by atoms with E-state index in [1.54, 1.807) is 0 Å². The molecule has 1 heterocycles. The minimum Gasteiger partial charge on any atom is -0.396 e. The van der Waals surface area contributed by atoms with Crippen LogP contribution in [0.2, 0.25) is 0 Å². The molecule has 0 amide bonds. The summed E-state index contributed by atoms with van der Waals surface area (Å²) in [5.41, 5.74) is 0. The first-order valence-corrected chi connectivity index (χ1v) is 10.5. The van der Waals surface area contributed by atoms with E-state index in [1.807, 2.05) is 0 Å². The molecule has 3 rings (SSSR count). The van der Waals surface area contributed by atoms with Gasteiger partial charge in [0.1, 0.15) is 0 Å². The third-order valence-corrected chi connectivity index (χ3v) is 6.44. The maximum Gasteiger partial charge on any atom is 0.172 e. The molecular formula is C21H36O4. The molecule has 0 aromatic heterocycles. The third-order valence-electron chi connectivity index (χ3n) is 6.44. The fourth-order valence-electron chi connectivity index (χ4n) is 4.95. The summed E-state index contributed by atoms with van der Waals surface area (Å²) in [7, 11) is 0. The molecule has 4 heteroatoms. The Morgan fingerprint density at radius 1 is 0.920 bits per heavy atom. The van der Waals surface area contributed by atoms with Crippen LogP contribution in [-0.2, 0) is 9.47 Å². The minimum atomic E-state index is -0.342. The molecule has 2 aliphatic carbocycles. The van der Waals surface area contributed by atoms with E-state index in [0.717, 1.165) is 25.7 Å². The van der Waals surface area contributed by atoms with Gasteiger partial charge in [-0.05, 0) is 31.6 Å². The first-order chi connectivity index (χ1) is 12.3. The third kappa shape index (κ3) is 4.65. The number of allylic oxidation sites excluding steroid dienone is 1. The van der Waals surface area contributed by atoms with Crippen LogP contribution in [0.4, 0.5) is 0 Å². The van der Waals surface area contributed by atoms with Crippen LogP contribution in [0.1, 0.15) is 70.6 Å². The van der Waals surface area contributed by atoms with Crippen LogP contribution in [0.3, 0.4) is 0 Å². The first kappa shape index (κ1) is 19.3. The number of hydrogen-bond acceptors (Lipinski definition) is 4. The molecule has 3 fully saturated rings. The molecule has 4 nitrogen and oxygen atoms in total. The molecule has 0 radical (unpaired) electrons. The largest absolute Gasteiger partial charge is 0.396 e. The van der Waals surface area contributed by atoms with Crippen LogP contribution in [0, 0.1) is 17.8 Å². The molecule has 1 spiro atoms. The van der Waals surface area contributed by atoms with Gasteiger partial charge in [0.25, 0.3) is 0 Å². The molecule has 4 atom stereocenters. The van der Waals surface area contributed by atoms with Gasteiger partial charge in [-0.25, -0.2) is 0 Å². The van der Waals surface area contributed by atoms with E-state index >= 15 is 0 Å². The summed E-state index contributed by atoms with van der Waals surface area (Å²) in [6, 6.07) is 0. The molecule has 2 N–H and O–H groups in total. The van der Waals surface area contributed by atoms with E-state index in [2.05, 4.69) is 12.2 Å². The summed E-state index contributed by atoms with van der Waals surface area (Å²) in [6.45, 7) is 1.76. The minimum absolute atomic E-state index is 0.210. The van der Waals surface area contributed by atoms with E-state index in [-0.39, 0.29) is 17.8 Å². The lowest BCUT2D eigenvalue weighted by Crippen LogP contribution is -2.54. The van der Waals surface area contributed by atoms with Crippen LogP contribution < -0.4 is 0 Å². The summed E-state index contributed by atoms with van der Waals surface area (Å²) in [6.07, 6.45) is 17.2. The highest BCUT2D eigenvalue weighted by Gasteiger charge is 2.64. The summed E-state index contributed by atoms with van der Waals surface area (Å²) in [4.78, 5) is 0. The second-order valence-electron chi connectivity index (χ2n) is 8.14. The van der Waals surface area contributed by atoms with Gasteiger partial charge in [0.2, 0.25) is 0 Å². The van der Waals surface area contributed by atoms with Crippen LogP contribution in [0.5, 0.6) is 0 Å². The molecule has 25 heavy (non-hydrogen) atoms. The fraction of sp³-hybridized carbons (Fsp3) is 0.905. The smallest absolute Gasteiger partial charge is 0.172 e. The number of unbranched alkanes of at least 4 members (excludes halogenated alkanes) is 8. The van der Waals surface area contributed by atoms with E-state index in [0.29, 0.717) is 31.7 Å². The van der Waals surface area contributed by atoms with Crippen LogP contribution in [-0.4, -0.2) is 41.9 Å². The van der Waals surface area contributed by atoms with Crippen molar-refractivity contribution in [1.82, 2.24) is 0 Å². The van der Waals surface area contributed by atoms with Gasteiger partial charge in [0.05, 0.1) is 19.3 Å². The predicted octanol–water partition coefficient (Wildman–Crippen LogP) is 3.81. The van der Waals surface area contributed by atoms with Crippen LogP contribution >= 0.6 is 0 Å². The second-order valence-corrected chi connectivity index (χ2v) is 8.14. The van der Waals surface area contributed by atoms with E-state index in [1.165, 1.54) is 44.9 Å². The predicted molar refractivity (Wildman–Crippen MR) is 98.1 cm³/mol.